The summed E-state index contributed by atoms with van der Waals surface area (Å²) in [4.78, 5) is 16.2. The predicted molar refractivity (Wildman–Crippen MR) is 92.9 cm³/mol. The third-order valence-electron chi connectivity index (χ3n) is 3.38. The summed E-state index contributed by atoms with van der Waals surface area (Å²) in [7, 11) is -2.65. The fraction of sp³-hybridized carbons (Fsp3) is 0.125. The Balaban J connectivity index is 2.07. The third kappa shape index (κ3) is 2.98. The lowest BCUT2D eigenvalue weighted by atomic mass is 10.2. The molecule has 3 aromatic rings. The molecule has 0 aliphatic carbocycles. The molecule has 1 aromatic carbocycles. The molecule has 0 spiro atoms. The van der Waals surface area contributed by atoms with Gasteiger partial charge in [0.2, 0.25) is 0 Å². The summed E-state index contributed by atoms with van der Waals surface area (Å²) in [6.07, 6.45) is 1.62. The number of thiophene rings is 1. The number of ether oxygens (including phenoxy) is 1. The van der Waals surface area contributed by atoms with Crippen LogP contribution in [0.2, 0.25) is 0 Å². The Morgan fingerprint density at radius 3 is 2.83 bits per heavy atom. The summed E-state index contributed by atoms with van der Waals surface area (Å²) < 4.78 is 32.6. The van der Waals surface area contributed by atoms with Crippen molar-refractivity contribution in [2.24, 2.45) is 0 Å². The van der Waals surface area contributed by atoms with E-state index in [1.54, 1.807) is 23.7 Å². The number of methoxy groups -OCH3 is 1. The second kappa shape index (κ2) is 6.21. The van der Waals surface area contributed by atoms with Crippen LogP contribution in [0.15, 0.2) is 46.8 Å². The molecule has 0 fully saturated rings. The number of fused-ring (bicyclic) bond motifs is 1. The first-order valence-electron chi connectivity index (χ1n) is 6.96. The van der Waals surface area contributed by atoms with Crippen LogP contribution in [0.1, 0.15) is 15.2 Å². The van der Waals surface area contributed by atoms with Crippen molar-refractivity contribution in [2.45, 2.75) is 11.8 Å². The number of carbonyl (C=O) groups is 1. The van der Waals surface area contributed by atoms with Gasteiger partial charge in [-0.3, -0.25) is 9.71 Å². The molecule has 0 saturated heterocycles. The van der Waals surface area contributed by atoms with Gasteiger partial charge in [-0.1, -0.05) is 12.1 Å². The standard InChI is InChI=1S/C16H14N2O4S2/c1-10-8-11-4-3-5-13(14(11)17-9-10)24(20,21)18-12-6-7-23-15(12)16(19)22-2/h3-9,18H,1-2H3. The second-order valence-corrected chi connectivity index (χ2v) is 7.67. The van der Waals surface area contributed by atoms with Gasteiger partial charge in [0.05, 0.1) is 18.3 Å². The van der Waals surface area contributed by atoms with Gasteiger partial charge < -0.3 is 4.74 Å². The van der Waals surface area contributed by atoms with Gasteiger partial charge in [0.1, 0.15) is 9.77 Å². The van der Waals surface area contributed by atoms with E-state index < -0.39 is 16.0 Å². The molecule has 0 radical (unpaired) electrons. The zero-order valence-corrected chi connectivity index (χ0v) is 14.6. The number of benzene rings is 1. The van der Waals surface area contributed by atoms with Crippen LogP contribution >= 0.6 is 11.3 Å². The van der Waals surface area contributed by atoms with E-state index in [1.807, 2.05) is 13.0 Å². The molecule has 0 amide bonds. The van der Waals surface area contributed by atoms with Crippen LogP contribution in [0, 0.1) is 6.92 Å². The average molecular weight is 362 g/mol. The molecular formula is C16H14N2O4S2. The lowest BCUT2D eigenvalue weighted by Crippen LogP contribution is -2.15. The van der Waals surface area contributed by atoms with Crippen molar-refractivity contribution in [1.82, 2.24) is 4.98 Å². The van der Waals surface area contributed by atoms with Gasteiger partial charge in [-0.15, -0.1) is 11.3 Å². The first-order valence-corrected chi connectivity index (χ1v) is 9.32. The van der Waals surface area contributed by atoms with Crippen LogP contribution < -0.4 is 4.72 Å². The van der Waals surface area contributed by atoms with E-state index >= 15 is 0 Å². The van der Waals surface area contributed by atoms with E-state index in [9.17, 15) is 13.2 Å². The number of sulfonamides is 1. The van der Waals surface area contributed by atoms with Crippen molar-refractivity contribution >= 4 is 43.9 Å². The molecule has 0 atom stereocenters. The van der Waals surface area contributed by atoms with E-state index in [-0.39, 0.29) is 15.5 Å². The largest absolute Gasteiger partial charge is 0.465 e. The van der Waals surface area contributed by atoms with Crippen LogP contribution in [0.4, 0.5) is 5.69 Å². The summed E-state index contributed by atoms with van der Waals surface area (Å²) in [6.45, 7) is 1.89. The van der Waals surface area contributed by atoms with Gasteiger partial charge >= 0.3 is 5.97 Å². The molecular weight excluding hydrogens is 348 g/mol. The van der Waals surface area contributed by atoms with Gasteiger partial charge in [-0.25, -0.2) is 13.2 Å². The van der Waals surface area contributed by atoms with Crippen LogP contribution in [0.5, 0.6) is 0 Å². The maximum atomic E-state index is 12.8. The van der Waals surface area contributed by atoms with Crippen molar-refractivity contribution in [3.8, 4) is 0 Å². The van der Waals surface area contributed by atoms with Gasteiger partial charge in [-0.2, -0.15) is 0 Å². The maximum Gasteiger partial charge on any atom is 0.350 e. The van der Waals surface area contributed by atoms with Crippen LogP contribution in [-0.4, -0.2) is 26.5 Å². The number of aromatic nitrogens is 1. The number of pyridine rings is 1. The molecule has 24 heavy (non-hydrogen) atoms. The molecule has 0 bridgehead atoms. The van der Waals surface area contributed by atoms with E-state index in [1.165, 1.54) is 19.2 Å². The number of hydrogen-bond acceptors (Lipinski definition) is 6. The maximum absolute atomic E-state index is 12.8. The predicted octanol–water partition coefficient (Wildman–Crippen LogP) is 3.19. The topological polar surface area (TPSA) is 85.4 Å². The fourth-order valence-corrected chi connectivity index (χ4v) is 4.38. The van der Waals surface area contributed by atoms with Crippen LogP contribution in [0.3, 0.4) is 0 Å². The highest BCUT2D eigenvalue weighted by atomic mass is 32.2. The first-order chi connectivity index (χ1) is 11.4. The van der Waals surface area contributed by atoms with Crippen molar-refractivity contribution in [1.29, 1.82) is 0 Å². The van der Waals surface area contributed by atoms with Crippen LogP contribution in [-0.2, 0) is 14.8 Å². The Morgan fingerprint density at radius 2 is 2.08 bits per heavy atom. The number of rotatable bonds is 4. The summed E-state index contributed by atoms with van der Waals surface area (Å²) in [5, 5.41) is 2.35. The van der Waals surface area contributed by atoms with E-state index in [0.717, 1.165) is 22.3 Å². The lowest BCUT2D eigenvalue weighted by Gasteiger charge is -2.10. The molecule has 0 aliphatic rings. The summed E-state index contributed by atoms with van der Waals surface area (Å²) in [6, 6.07) is 8.34. The molecule has 2 heterocycles. The Hall–Kier alpha value is -2.45. The monoisotopic (exact) mass is 362 g/mol. The van der Waals surface area contributed by atoms with E-state index in [0.29, 0.717) is 5.52 Å². The van der Waals surface area contributed by atoms with Gasteiger partial charge in [0.15, 0.2) is 0 Å². The number of anilines is 1. The van der Waals surface area contributed by atoms with Gasteiger partial charge in [0, 0.05) is 11.6 Å². The number of nitrogens with one attached hydrogen (secondary N) is 1. The number of hydrogen-bond donors (Lipinski definition) is 1. The van der Waals surface area contributed by atoms with Gasteiger partial charge in [-0.05, 0) is 36.1 Å². The molecule has 124 valence electrons. The third-order valence-corrected chi connectivity index (χ3v) is 5.67. The second-order valence-electron chi connectivity index (χ2n) is 5.10. The highest BCUT2D eigenvalue weighted by Gasteiger charge is 2.22. The van der Waals surface area contributed by atoms with Gasteiger partial charge in [0.25, 0.3) is 10.0 Å². The van der Waals surface area contributed by atoms with Crippen molar-refractivity contribution < 1.29 is 17.9 Å². The van der Waals surface area contributed by atoms with Crippen LogP contribution in [0.25, 0.3) is 10.9 Å². The lowest BCUT2D eigenvalue weighted by molar-refractivity contribution is 0.0607. The zero-order valence-electron chi connectivity index (χ0n) is 12.9. The summed E-state index contributed by atoms with van der Waals surface area (Å²) >= 11 is 1.11. The highest BCUT2D eigenvalue weighted by molar-refractivity contribution is 7.93. The molecule has 1 N–H and O–H groups in total. The average Bonchev–Trinajstić information content (AvgIpc) is 3.00. The number of aryl methyl sites for hydroxylation is 1. The van der Waals surface area contributed by atoms with Crippen molar-refractivity contribution in [3.63, 3.8) is 0 Å². The van der Waals surface area contributed by atoms with E-state index in [2.05, 4.69) is 14.4 Å². The Morgan fingerprint density at radius 1 is 1.29 bits per heavy atom. The molecule has 0 unspecified atom stereocenters. The van der Waals surface area contributed by atoms with Crippen molar-refractivity contribution in [2.75, 3.05) is 11.8 Å². The van der Waals surface area contributed by atoms with E-state index in [4.69, 9.17) is 0 Å². The molecule has 6 nitrogen and oxygen atoms in total. The summed E-state index contributed by atoms with van der Waals surface area (Å²) in [5.74, 6) is -0.589. The molecule has 0 saturated carbocycles. The zero-order chi connectivity index (χ0) is 17.3. The minimum absolute atomic E-state index is 0.0574. The normalized spacial score (nSPS) is 11.4. The number of nitrogens with zero attached hydrogens (tertiary/aromatic N) is 1. The molecule has 0 aliphatic heterocycles. The Labute approximate surface area is 143 Å². The minimum atomic E-state index is -3.90. The minimum Gasteiger partial charge on any atom is -0.465 e. The molecule has 8 heteroatoms. The highest BCUT2D eigenvalue weighted by Crippen LogP contribution is 2.28. The smallest absolute Gasteiger partial charge is 0.350 e. The Kier molecular flexibility index (Phi) is 4.25. The molecule has 2 aromatic heterocycles. The number of carbonyl (C=O) groups excluding carboxylic acids is 1. The van der Waals surface area contributed by atoms with Crippen molar-refractivity contribution in [3.05, 3.63) is 52.3 Å². The molecule has 3 rings (SSSR count). The summed E-state index contributed by atoms with van der Waals surface area (Å²) in [5.41, 5.74) is 1.51. The quantitative estimate of drug-likeness (QED) is 0.721. The SMILES string of the molecule is COC(=O)c1sccc1NS(=O)(=O)c1cccc2cc(C)cnc12. The first kappa shape index (κ1) is 16.4. The number of esters is 1. The number of para-hydroxylation sites is 1. The Bertz CT molecular complexity index is 1030. The fourth-order valence-electron chi connectivity index (χ4n) is 2.30.